The first-order valence-electron chi connectivity index (χ1n) is 6.21. The van der Waals surface area contributed by atoms with Crippen LogP contribution in [-0.4, -0.2) is 27.8 Å². The van der Waals surface area contributed by atoms with Crippen LogP contribution < -0.4 is 10.6 Å². The first kappa shape index (κ1) is 17.3. The lowest BCUT2D eigenvalue weighted by atomic mass is 10.2. The molecule has 0 atom stereocenters. The summed E-state index contributed by atoms with van der Waals surface area (Å²) >= 11 is 0. The lowest BCUT2D eigenvalue weighted by Crippen LogP contribution is -2.37. The van der Waals surface area contributed by atoms with Gasteiger partial charge in [0.05, 0.1) is 6.54 Å². The quantitative estimate of drug-likeness (QED) is 0.460. The van der Waals surface area contributed by atoms with E-state index in [4.69, 9.17) is 0 Å². The molecular formula is C13H18FIN6. The van der Waals surface area contributed by atoms with Gasteiger partial charge < -0.3 is 15.2 Å². The van der Waals surface area contributed by atoms with E-state index in [1.165, 1.54) is 6.07 Å². The van der Waals surface area contributed by atoms with Crippen molar-refractivity contribution in [1.29, 1.82) is 0 Å². The first-order valence-corrected chi connectivity index (χ1v) is 6.21. The zero-order valence-corrected chi connectivity index (χ0v) is 14.2. The lowest BCUT2D eigenvalue weighted by Gasteiger charge is -2.11. The Hall–Kier alpha value is -1.71. The van der Waals surface area contributed by atoms with Gasteiger partial charge in [-0.3, -0.25) is 4.99 Å². The molecule has 0 fully saturated rings. The standard InChI is InChI=1S/C13H17FN6.HI/c1-15-13(17-8-12-19-18-9-20(12)2)16-7-10-5-3-4-6-11(10)14;/h3-6,9H,7-8H2,1-2H3,(H2,15,16,17);1H. The van der Waals surface area contributed by atoms with Crippen molar-refractivity contribution in [3.63, 3.8) is 0 Å². The highest BCUT2D eigenvalue weighted by atomic mass is 127. The second-order valence-corrected chi connectivity index (χ2v) is 4.23. The molecule has 0 bridgehead atoms. The largest absolute Gasteiger partial charge is 0.352 e. The molecule has 0 unspecified atom stereocenters. The number of halogens is 2. The van der Waals surface area contributed by atoms with Crippen molar-refractivity contribution in [1.82, 2.24) is 25.4 Å². The van der Waals surface area contributed by atoms with Gasteiger partial charge in [0.2, 0.25) is 0 Å². The fraction of sp³-hybridized carbons (Fsp3) is 0.308. The predicted octanol–water partition coefficient (Wildman–Crippen LogP) is 1.44. The van der Waals surface area contributed by atoms with Crippen LogP contribution in [0.3, 0.4) is 0 Å². The number of benzene rings is 1. The van der Waals surface area contributed by atoms with Gasteiger partial charge in [-0.15, -0.1) is 34.2 Å². The van der Waals surface area contributed by atoms with Crippen LogP contribution in [0.25, 0.3) is 0 Å². The maximum absolute atomic E-state index is 13.5. The number of guanidine groups is 1. The van der Waals surface area contributed by atoms with Gasteiger partial charge in [-0.2, -0.15) is 0 Å². The van der Waals surface area contributed by atoms with Crippen LogP contribution in [0.4, 0.5) is 4.39 Å². The summed E-state index contributed by atoms with van der Waals surface area (Å²) in [6, 6.07) is 6.64. The maximum atomic E-state index is 13.5. The van der Waals surface area contributed by atoms with E-state index in [1.54, 1.807) is 31.6 Å². The van der Waals surface area contributed by atoms with Crippen LogP contribution in [0, 0.1) is 5.82 Å². The molecule has 1 heterocycles. The van der Waals surface area contributed by atoms with Crippen molar-refractivity contribution >= 4 is 29.9 Å². The number of aromatic nitrogens is 3. The van der Waals surface area contributed by atoms with E-state index in [0.717, 1.165) is 5.82 Å². The highest BCUT2D eigenvalue weighted by molar-refractivity contribution is 14.0. The van der Waals surface area contributed by atoms with Crippen molar-refractivity contribution in [3.8, 4) is 0 Å². The average Bonchev–Trinajstić information content (AvgIpc) is 2.86. The van der Waals surface area contributed by atoms with Gasteiger partial charge in [-0.1, -0.05) is 18.2 Å². The fourth-order valence-corrected chi connectivity index (χ4v) is 1.67. The average molecular weight is 404 g/mol. The van der Waals surface area contributed by atoms with Gasteiger partial charge in [0.1, 0.15) is 12.1 Å². The Kier molecular flexibility index (Phi) is 7.06. The van der Waals surface area contributed by atoms with E-state index < -0.39 is 0 Å². The molecule has 0 saturated carbocycles. The third-order valence-electron chi connectivity index (χ3n) is 2.85. The Balaban J connectivity index is 0.00000220. The van der Waals surface area contributed by atoms with E-state index in [0.29, 0.717) is 24.6 Å². The van der Waals surface area contributed by atoms with Gasteiger partial charge in [-0.25, -0.2) is 4.39 Å². The summed E-state index contributed by atoms with van der Waals surface area (Å²) in [4.78, 5) is 4.08. The van der Waals surface area contributed by atoms with Gasteiger partial charge >= 0.3 is 0 Å². The van der Waals surface area contributed by atoms with Crippen molar-refractivity contribution in [2.24, 2.45) is 12.0 Å². The van der Waals surface area contributed by atoms with Crippen molar-refractivity contribution in [2.75, 3.05) is 7.05 Å². The monoisotopic (exact) mass is 404 g/mol. The molecule has 2 aromatic rings. The SMILES string of the molecule is CN=C(NCc1ccccc1F)NCc1nncn1C.I. The van der Waals surface area contributed by atoms with E-state index in [1.807, 2.05) is 11.6 Å². The maximum Gasteiger partial charge on any atom is 0.191 e. The number of hydrogen-bond acceptors (Lipinski definition) is 3. The number of aryl methyl sites for hydroxylation is 1. The van der Waals surface area contributed by atoms with Crippen LogP contribution in [0.15, 0.2) is 35.6 Å². The minimum atomic E-state index is -0.233. The summed E-state index contributed by atoms with van der Waals surface area (Å²) in [5.74, 6) is 1.14. The van der Waals surface area contributed by atoms with E-state index in [9.17, 15) is 4.39 Å². The van der Waals surface area contributed by atoms with E-state index in [-0.39, 0.29) is 29.8 Å². The summed E-state index contributed by atoms with van der Waals surface area (Å²) in [6.07, 6.45) is 1.63. The zero-order valence-electron chi connectivity index (χ0n) is 11.9. The Morgan fingerprint density at radius 2 is 2.00 bits per heavy atom. The second kappa shape index (κ2) is 8.55. The Bertz CT molecular complexity index is 598. The molecule has 21 heavy (non-hydrogen) atoms. The molecule has 2 N–H and O–H groups in total. The van der Waals surface area contributed by atoms with E-state index >= 15 is 0 Å². The number of aliphatic imine (C=N–C) groups is 1. The molecule has 0 spiro atoms. The molecule has 6 nitrogen and oxygen atoms in total. The zero-order chi connectivity index (χ0) is 14.4. The van der Waals surface area contributed by atoms with Crippen LogP contribution >= 0.6 is 24.0 Å². The normalized spacial score (nSPS) is 10.9. The summed E-state index contributed by atoms with van der Waals surface area (Å²) in [7, 11) is 3.53. The molecule has 1 aromatic heterocycles. The third-order valence-corrected chi connectivity index (χ3v) is 2.85. The van der Waals surface area contributed by atoms with Gasteiger partial charge in [0.15, 0.2) is 11.8 Å². The summed E-state index contributed by atoms with van der Waals surface area (Å²) in [5.41, 5.74) is 0.592. The fourth-order valence-electron chi connectivity index (χ4n) is 1.67. The second-order valence-electron chi connectivity index (χ2n) is 4.23. The van der Waals surface area contributed by atoms with E-state index in [2.05, 4.69) is 25.8 Å². The number of nitrogens with zero attached hydrogens (tertiary/aromatic N) is 4. The van der Waals surface area contributed by atoms with Gasteiger partial charge in [0.25, 0.3) is 0 Å². The highest BCUT2D eigenvalue weighted by Crippen LogP contribution is 2.05. The molecule has 0 aliphatic rings. The van der Waals surface area contributed by atoms with Crippen LogP contribution in [0.5, 0.6) is 0 Å². The molecule has 0 saturated heterocycles. The lowest BCUT2D eigenvalue weighted by molar-refractivity contribution is 0.604. The van der Waals surface area contributed by atoms with Crippen LogP contribution in [-0.2, 0) is 20.1 Å². The molecule has 114 valence electrons. The first-order chi connectivity index (χ1) is 9.70. The minimum absolute atomic E-state index is 0. The Labute approximate surface area is 139 Å². The molecule has 8 heteroatoms. The molecule has 0 aliphatic carbocycles. The summed E-state index contributed by atoms with van der Waals surface area (Å²) < 4.78 is 15.3. The molecule has 0 amide bonds. The van der Waals surface area contributed by atoms with Crippen molar-refractivity contribution < 1.29 is 4.39 Å². The molecule has 1 aromatic carbocycles. The summed E-state index contributed by atoms with van der Waals surface area (Å²) in [6.45, 7) is 0.860. The number of hydrogen-bond donors (Lipinski definition) is 2. The summed E-state index contributed by atoms with van der Waals surface area (Å²) in [5, 5.41) is 13.9. The molecule has 0 radical (unpaired) electrons. The Morgan fingerprint density at radius 3 is 2.62 bits per heavy atom. The predicted molar refractivity (Wildman–Crippen MR) is 89.9 cm³/mol. The smallest absolute Gasteiger partial charge is 0.191 e. The van der Waals surface area contributed by atoms with Crippen molar-refractivity contribution in [3.05, 3.63) is 47.8 Å². The number of nitrogens with one attached hydrogen (secondary N) is 2. The minimum Gasteiger partial charge on any atom is -0.352 e. The van der Waals surface area contributed by atoms with Gasteiger partial charge in [-0.05, 0) is 6.07 Å². The van der Waals surface area contributed by atoms with Crippen LogP contribution in [0.2, 0.25) is 0 Å². The third kappa shape index (κ3) is 4.96. The highest BCUT2D eigenvalue weighted by Gasteiger charge is 2.04. The van der Waals surface area contributed by atoms with Crippen LogP contribution in [0.1, 0.15) is 11.4 Å². The van der Waals surface area contributed by atoms with Crippen molar-refractivity contribution in [2.45, 2.75) is 13.1 Å². The topological polar surface area (TPSA) is 67.1 Å². The Morgan fingerprint density at radius 1 is 1.29 bits per heavy atom. The molecule has 0 aliphatic heterocycles. The number of rotatable bonds is 4. The van der Waals surface area contributed by atoms with Gasteiger partial charge in [0, 0.05) is 26.2 Å². The molecular weight excluding hydrogens is 386 g/mol. The molecule has 2 rings (SSSR count).